The highest BCUT2D eigenvalue weighted by molar-refractivity contribution is 9.10. The molecule has 2 nitrogen and oxygen atoms in total. The average Bonchev–Trinajstić information content (AvgIpc) is 2.63. The van der Waals surface area contributed by atoms with Crippen LogP contribution < -0.4 is 0 Å². The third-order valence-electron chi connectivity index (χ3n) is 3.12. The number of para-hydroxylation sites is 1. The van der Waals surface area contributed by atoms with Gasteiger partial charge in [-0.05, 0) is 54.9 Å². The molecule has 0 atom stereocenters. The Morgan fingerprint density at radius 2 is 2.00 bits per heavy atom. The van der Waals surface area contributed by atoms with Crippen molar-refractivity contribution in [3.05, 3.63) is 51.8 Å². The standard InChI is InChI=1S/C15H17BrN2/c1-4-18-11(2)9-13(12(18)3)10-17-15-8-6-5-7-14(15)16/h5-10H,4H2,1-3H3. The quantitative estimate of drug-likeness (QED) is 0.735. The molecule has 94 valence electrons. The van der Waals surface area contributed by atoms with Crippen molar-refractivity contribution in [2.24, 2.45) is 4.99 Å². The second-order valence-corrected chi connectivity index (χ2v) is 5.13. The van der Waals surface area contributed by atoms with Gasteiger partial charge in [0, 0.05) is 34.2 Å². The molecule has 0 aliphatic rings. The minimum Gasteiger partial charge on any atom is -0.349 e. The molecule has 0 radical (unpaired) electrons. The molecule has 0 saturated carbocycles. The van der Waals surface area contributed by atoms with E-state index in [2.05, 4.69) is 52.3 Å². The second-order valence-electron chi connectivity index (χ2n) is 4.28. The van der Waals surface area contributed by atoms with E-state index in [0.29, 0.717) is 0 Å². The summed E-state index contributed by atoms with van der Waals surface area (Å²) in [6.45, 7) is 7.43. The summed E-state index contributed by atoms with van der Waals surface area (Å²) in [5.74, 6) is 0. The number of nitrogens with zero attached hydrogens (tertiary/aromatic N) is 2. The number of aryl methyl sites for hydroxylation is 1. The topological polar surface area (TPSA) is 17.3 Å². The van der Waals surface area contributed by atoms with Crippen LogP contribution in [-0.2, 0) is 6.54 Å². The van der Waals surface area contributed by atoms with E-state index in [0.717, 1.165) is 16.7 Å². The summed E-state index contributed by atoms with van der Waals surface area (Å²) >= 11 is 3.50. The van der Waals surface area contributed by atoms with Crippen LogP contribution >= 0.6 is 15.9 Å². The van der Waals surface area contributed by atoms with Gasteiger partial charge in [0.15, 0.2) is 0 Å². The normalized spacial score (nSPS) is 11.3. The number of hydrogen-bond donors (Lipinski definition) is 0. The third kappa shape index (κ3) is 2.56. The lowest BCUT2D eigenvalue weighted by molar-refractivity contribution is 0.718. The first kappa shape index (κ1) is 13.1. The predicted molar refractivity (Wildman–Crippen MR) is 81.0 cm³/mol. The van der Waals surface area contributed by atoms with E-state index in [1.807, 2.05) is 30.5 Å². The summed E-state index contributed by atoms with van der Waals surface area (Å²) in [5, 5.41) is 0. The van der Waals surface area contributed by atoms with Crippen molar-refractivity contribution in [3.8, 4) is 0 Å². The van der Waals surface area contributed by atoms with Gasteiger partial charge >= 0.3 is 0 Å². The van der Waals surface area contributed by atoms with Gasteiger partial charge in [-0.15, -0.1) is 0 Å². The molecule has 1 aromatic heterocycles. The van der Waals surface area contributed by atoms with Crippen LogP contribution in [0.3, 0.4) is 0 Å². The summed E-state index contributed by atoms with van der Waals surface area (Å²) in [6.07, 6.45) is 1.94. The Labute approximate surface area is 116 Å². The molecule has 1 heterocycles. The fourth-order valence-electron chi connectivity index (χ4n) is 2.14. The van der Waals surface area contributed by atoms with Crippen molar-refractivity contribution in [1.29, 1.82) is 0 Å². The highest BCUT2D eigenvalue weighted by Gasteiger charge is 2.05. The highest BCUT2D eigenvalue weighted by atomic mass is 79.9. The maximum atomic E-state index is 4.54. The molecule has 0 bridgehead atoms. The van der Waals surface area contributed by atoms with Crippen LogP contribution in [0.2, 0.25) is 0 Å². The van der Waals surface area contributed by atoms with Crippen LogP contribution in [-0.4, -0.2) is 10.8 Å². The molecule has 0 aliphatic heterocycles. The van der Waals surface area contributed by atoms with Gasteiger partial charge in [-0.1, -0.05) is 12.1 Å². The van der Waals surface area contributed by atoms with E-state index in [9.17, 15) is 0 Å². The summed E-state index contributed by atoms with van der Waals surface area (Å²) in [6, 6.07) is 10.2. The van der Waals surface area contributed by atoms with Crippen LogP contribution in [0.5, 0.6) is 0 Å². The number of hydrogen-bond acceptors (Lipinski definition) is 1. The van der Waals surface area contributed by atoms with E-state index in [1.165, 1.54) is 17.0 Å². The molecule has 3 heteroatoms. The minimum atomic E-state index is 0.957. The number of aromatic nitrogens is 1. The molecule has 0 aliphatic carbocycles. The van der Waals surface area contributed by atoms with E-state index >= 15 is 0 Å². The van der Waals surface area contributed by atoms with Gasteiger partial charge in [0.25, 0.3) is 0 Å². The number of benzene rings is 1. The summed E-state index contributed by atoms with van der Waals surface area (Å²) in [7, 11) is 0. The van der Waals surface area contributed by atoms with E-state index < -0.39 is 0 Å². The Morgan fingerprint density at radius 3 is 2.61 bits per heavy atom. The molecule has 0 amide bonds. The predicted octanol–water partition coefficient (Wildman–Crippen LogP) is 4.64. The van der Waals surface area contributed by atoms with Crippen molar-refractivity contribution >= 4 is 27.8 Å². The first-order valence-electron chi connectivity index (χ1n) is 6.08. The van der Waals surface area contributed by atoms with Gasteiger partial charge in [-0.2, -0.15) is 0 Å². The van der Waals surface area contributed by atoms with E-state index in [-0.39, 0.29) is 0 Å². The molecule has 0 fully saturated rings. The fourth-order valence-corrected chi connectivity index (χ4v) is 2.53. The molecular formula is C15H17BrN2. The maximum Gasteiger partial charge on any atom is 0.0771 e. The van der Waals surface area contributed by atoms with Crippen molar-refractivity contribution < 1.29 is 0 Å². The van der Waals surface area contributed by atoms with Crippen molar-refractivity contribution in [1.82, 2.24) is 4.57 Å². The molecule has 0 N–H and O–H groups in total. The Hall–Kier alpha value is -1.35. The SMILES string of the molecule is CCn1c(C)cc(C=Nc2ccccc2Br)c1C. The lowest BCUT2D eigenvalue weighted by atomic mass is 10.2. The highest BCUT2D eigenvalue weighted by Crippen LogP contribution is 2.24. The van der Waals surface area contributed by atoms with E-state index in [4.69, 9.17) is 0 Å². The van der Waals surface area contributed by atoms with Gasteiger partial charge in [0.2, 0.25) is 0 Å². The van der Waals surface area contributed by atoms with Crippen molar-refractivity contribution in [2.75, 3.05) is 0 Å². The van der Waals surface area contributed by atoms with Crippen LogP contribution in [0, 0.1) is 13.8 Å². The molecular weight excluding hydrogens is 288 g/mol. The molecule has 1 aromatic carbocycles. The molecule has 2 aromatic rings. The number of aliphatic imine (C=N–C) groups is 1. The van der Waals surface area contributed by atoms with Crippen molar-refractivity contribution in [3.63, 3.8) is 0 Å². The zero-order valence-electron chi connectivity index (χ0n) is 10.9. The van der Waals surface area contributed by atoms with Crippen LogP contribution in [0.15, 0.2) is 39.8 Å². The van der Waals surface area contributed by atoms with Crippen molar-refractivity contribution in [2.45, 2.75) is 27.3 Å². The molecule has 2 rings (SSSR count). The van der Waals surface area contributed by atoms with Gasteiger partial charge in [0.1, 0.15) is 0 Å². The van der Waals surface area contributed by atoms with E-state index in [1.54, 1.807) is 0 Å². The van der Waals surface area contributed by atoms with Gasteiger partial charge < -0.3 is 4.57 Å². The van der Waals surface area contributed by atoms with Crippen LogP contribution in [0.25, 0.3) is 0 Å². The third-order valence-corrected chi connectivity index (χ3v) is 3.79. The first-order valence-corrected chi connectivity index (χ1v) is 6.88. The Bertz CT molecular complexity index is 582. The Balaban J connectivity index is 2.33. The molecule has 18 heavy (non-hydrogen) atoms. The monoisotopic (exact) mass is 304 g/mol. The van der Waals surface area contributed by atoms with Gasteiger partial charge in [-0.3, -0.25) is 4.99 Å². The lowest BCUT2D eigenvalue weighted by Gasteiger charge is -2.04. The summed E-state index contributed by atoms with van der Waals surface area (Å²) in [4.78, 5) is 4.54. The first-order chi connectivity index (χ1) is 8.63. The Morgan fingerprint density at radius 1 is 1.28 bits per heavy atom. The molecule has 0 unspecified atom stereocenters. The number of rotatable bonds is 3. The van der Waals surface area contributed by atoms with Crippen LogP contribution in [0.4, 0.5) is 5.69 Å². The molecule has 0 spiro atoms. The van der Waals surface area contributed by atoms with Gasteiger partial charge in [-0.25, -0.2) is 0 Å². The number of halogens is 1. The fraction of sp³-hybridized carbons (Fsp3) is 0.267. The minimum absolute atomic E-state index is 0.957. The lowest BCUT2D eigenvalue weighted by Crippen LogP contribution is -1.99. The maximum absolute atomic E-state index is 4.54. The summed E-state index contributed by atoms with van der Waals surface area (Å²) < 4.78 is 3.31. The largest absolute Gasteiger partial charge is 0.349 e. The average molecular weight is 305 g/mol. The van der Waals surface area contributed by atoms with Gasteiger partial charge in [0.05, 0.1) is 5.69 Å². The van der Waals surface area contributed by atoms with Crippen LogP contribution in [0.1, 0.15) is 23.9 Å². The zero-order valence-corrected chi connectivity index (χ0v) is 12.5. The molecule has 0 saturated heterocycles. The second kappa shape index (κ2) is 5.53. The Kier molecular flexibility index (Phi) is 4.02. The smallest absolute Gasteiger partial charge is 0.0771 e. The zero-order chi connectivity index (χ0) is 13.1. The summed E-state index contributed by atoms with van der Waals surface area (Å²) in [5.41, 5.74) is 4.69.